The Morgan fingerprint density at radius 2 is 1.93 bits per heavy atom. The van der Waals surface area contributed by atoms with Gasteiger partial charge in [-0.3, -0.25) is 9.59 Å². The Morgan fingerprint density at radius 3 is 2.33 bits per heavy atom. The summed E-state index contributed by atoms with van der Waals surface area (Å²) >= 11 is 4.36. The standard InChI is InChI=1S/C10H19NO3S/c1-7(6-10(2,3)15)11-8(12)4-5-9(13)14/h7,15H,4-6H2,1-3H3,(H,11,12)(H,13,14). The molecule has 0 rings (SSSR count). The lowest BCUT2D eigenvalue weighted by Crippen LogP contribution is -2.36. The normalized spacial score (nSPS) is 13.3. The zero-order valence-electron chi connectivity index (χ0n) is 9.41. The minimum Gasteiger partial charge on any atom is -0.481 e. The predicted octanol–water partition coefficient (Wildman–Crippen LogP) is 1.45. The molecule has 0 saturated heterocycles. The highest BCUT2D eigenvalue weighted by atomic mass is 32.1. The molecule has 0 aliphatic rings. The first-order chi connectivity index (χ1) is 6.70. The lowest BCUT2D eigenvalue weighted by Gasteiger charge is -2.23. The number of carbonyl (C=O) groups is 2. The Hall–Kier alpha value is -0.710. The highest BCUT2D eigenvalue weighted by molar-refractivity contribution is 7.81. The number of hydrogen-bond donors (Lipinski definition) is 3. The molecule has 2 N–H and O–H groups in total. The van der Waals surface area contributed by atoms with Gasteiger partial charge in [-0.1, -0.05) is 13.8 Å². The lowest BCUT2D eigenvalue weighted by atomic mass is 10.0. The van der Waals surface area contributed by atoms with E-state index in [2.05, 4.69) is 17.9 Å². The second kappa shape index (κ2) is 6.00. The number of hydrogen-bond acceptors (Lipinski definition) is 3. The van der Waals surface area contributed by atoms with Crippen molar-refractivity contribution in [3.63, 3.8) is 0 Å². The minimum absolute atomic E-state index is 0.0128. The molecule has 0 aliphatic carbocycles. The molecule has 0 saturated carbocycles. The van der Waals surface area contributed by atoms with E-state index in [9.17, 15) is 9.59 Å². The van der Waals surface area contributed by atoms with Gasteiger partial charge in [0.15, 0.2) is 0 Å². The van der Waals surface area contributed by atoms with E-state index < -0.39 is 5.97 Å². The summed E-state index contributed by atoms with van der Waals surface area (Å²) in [4.78, 5) is 21.5. The fourth-order valence-corrected chi connectivity index (χ4v) is 1.64. The molecule has 1 amide bonds. The highest BCUT2D eigenvalue weighted by Gasteiger charge is 2.17. The van der Waals surface area contributed by atoms with Crippen molar-refractivity contribution in [1.29, 1.82) is 0 Å². The molecule has 0 spiro atoms. The van der Waals surface area contributed by atoms with Crippen LogP contribution in [0.25, 0.3) is 0 Å². The van der Waals surface area contributed by atoms with Crippen molar-refractivity contribution < 1.29 is 14.7 Å². The fourth-order valence-electron chi connectivity index (χ4n) is 1.37. The molecule has 0 aromatic carbocycles. The van der Waals surface area contributed by atoms with Crippen LogP contribution in [0.2, 0.25) is 0 Å². The largest absolute Gasteiger partial charge is 0.481 e. The van der Waals surface area contributed by atoms with E-state index in [4.69, 9.17) is 5.11 Å². The molecular formula is C10H19NO3S. The van der Waals surface area contributed by atoms with E-state index in [0.717, 1.165) is 6.42 Å². The molecule has 0 radical (unpaired) electrons. The SMILES string of the molecule is CC(CC(C)(C)S)NC(=O)CCC(=O)O. The first-order valence-electron chi connectivity index (χ1n) is 4.94. The molecule has 88 valence electrons. The van der Waals surface area contributed by atoms with Crippen molar-refractivity contribution in [2.45, 2.75) is 50.8 Å². The average Bonchev–Trinajstić information content (AvgIpc) is 1.96. The summed E-state index contributed by atoms with van der Waals surface area (Å²) in [6.07, 6.45) is 0.657. The van der Waals surface area contributed by atoms with Crippen LogP contribution in [-0.2, 0) is 9.59 Å². The van der Waals surface area contributed by atoms with E-state index in [1.165, 1.54) is 0 Å². The Balaban J connectivity index is 3.81. The Morgan fingerprint density at radius 1 is 1.40 bits per heavy atom. The van der Waals surface area contributed by atoms with Gasteiger partial charge in [-0.25, -0.2) is 0 Å². The maximum absolute atomic E-state index is 11.2. The summed E-state index contributed by atoms with van der Waals surface area (Å²) in [5.41, 5.74) is 0. The third kappa shape index (κ3) is 9.59. The van der Waals surface area contributed by atoms with E-state index in [1.807, 2.05) is 20.8 Å². The van der Waals surface area contributed by atoms with E-state index in [-0.39, 0.29) is 29.5 Å². The minimum atomic E-state index is -0.952. The van der Waals surface area contributed by atoms with Gasteiger partial charge in [0.25, 0.3) is 0 Å². The van der Waals surface area contributed by atoms with Crippen LogP contribution in [0.5, 0.6) is 0 Å². The molecule has 1 atom stereocenters. The number of carboxylic acid groups (broad SMARTS) is 1. The Labute approximate surface area is 95.8 Å². The smallest absolute Gasteiger partial charge is 0.303 e. The van der Waals surface area contributed by atoms with Gasteiger partial charge < -0.3 is 10.4 Å². The summed E-state index contributed by atoms with van der Waals surface area (Å²) in [5.74, 6) is -1.17. The van der Waals surface area contributed by atoms with Gasteiger partial charge in [0.1, 0.15) is 0 Å². The number of carboxylic acids is 1. The van der Waals surface area contributed by atoms with Gasteiger partial charge in [0.2, 0.25) is 5.91 Å². The zero-order valence-corrected chi connectivity index (χ0v) is 10.3. The monoisotopic (exact) mass is 233 g/mol. The fraction of sp³-hybridized carbons (Fsp3) is 0.800. The lowest BCUT2D eigenvalue weighted by molar-refractivity contribution is -0.138. The maximum Gasteiger partial charge on any atom is 0.303 e. The average molecular weight is 233 g/mol. The molecule has 0 aliphatic heterocycles. The van der Waals surface area contributed by atoms with Crippen LogP contribution in [0.4, 0.5) is 0 Å². The Kier molecular flexibility index (Phi) is 5.72. The van der Waals surface area contributed by atoms with Gasteiger partial charge in [-0.15, -0.1) is 0 Å². The van der Waals surface area contributed by atoms with Gasteiger partial charge in [0, 0.05) is 17.2 Å². The predicted molar refractivity (Wildman–Crippen MR) is 62.2 cm³/mol. The second-order valence-corrected chi connectivity index (χ2v) is 5.59. The highest BCUT2D eigenvalue weighted by Crippen LogP contribution is 2.18. The number of thiol groups is 1. The molecule has 15 heavy (non-hydrogen) atoms. The summed E-state index contributed by atoms with van der Waals surface area (Å²) < 4.78 is -0.139. The summed E-state index contributed by atoms with van der Waals surface area (Å²) in [7, 11) is 0. The maximum atomic E-state index is 11.2. The van der Waals surface area contributed by atoms with Crippen molar-refractivity contribution >= 4 is 24.5 Å². The number of aliphatic carboxylic acids is 1. The van der Waals surface area contributed by atoms with Gasteiger partial charge in [-0.2, -0.15) is 12.6 Å². The van der Waals surface area contributed by atoms with Crippen LogP contribution >= 0.6 is 12.6 Å². The molecule has 0 heterocycles. The molecule has 0 aromatic rings. The van der Waals surface area contributed by atoms with Crippen LogP contribution in [-0.4, -0.2) is 27.8 Å². The van der Waals surface area contributed by atoms with Gasteiger partial charge in [-0.05, 0) is 13.3 Å². The van der Waals surface area contributed by atoms with Crippen molar-refractivity contribution in [3.05, 3.63) is 0 Å². The number of nitrogens with one attached hydrogen (secondary N) is 1. The van der Waals surface area contributed by atoms with Crippen LogP contribution in [0, 0.1) is 0 Å². The molecule has 4 nitrogen and oxygen atoms in total. The molecule has 0 bridgehead atoms. The van der Waals surface area contributed by atoms with Crippen LogP contribution in [0.3, 0.4) is 0 Å². The second-order valence-electron chi connectivity index (χ2n) is 4.38. The third-order valence-corrected chi connectivity index (χ3v) is 1.96. The van der Waals surface area contributed by atoms with E-state index >= 15 is 0 Å². The zero-order chi connectivity index (χ0) is 12.1. The quantitative estimate of drug-likeness (QED) is 0.608. The van der Waals surface area contributed by atoms with Crippen LogP contribution < -0.4 is 5.32 Å². The number of carbonyl (C=O) groups excluding carboxylic acids is 1. The van der Waals surface area contributed by atoms with E-state index in [0.29, 0.717) is 0 Å². The van der Waals surface area contributed by atoms with Gasteiger partial charge in [0.05, 0.1) is 6.42 Å². The van der Waals surface area contributed by atoms with Crippen molar-refractivity contribution in [1.82, 2.24) is 5.32 Å². The molecule has 0 fully saturated rings. The first kappa shape index (κ1) is 14.3. The summed E-state index contributed by atoms with van der Waals surface area (Å²) in [6.45, 7) is 5.82. The van der Waals surface area contributed by atoms with E-state index in [1.54, 1.807) is 0 Å². The topological polar surface area (TPSA) is 66.4 Å². The van der Waals surface area contributed by atoms with Gasteiger partial charge >= 0.3 is 5.97 Å². The Bertz CT molecular complexity index is 235. The van der Waals surface area contributed by atoms with Crippen molar-refractivity contribution in [2.24, 2.45) is 0 Å². The van der Waals surface area contributed by atoms with Crippen molar-refractivity contribution in [2.75, 3.05) is 0 Å². The molecular weight excluding hydrogens is 214 g/mol. The van der Waals surface area contributed by atoms with Crippen LogP contribution in [0.15, 0.2) is 0 Å². The summed E-state index contributed by atoms with van der Waals surface area (Å²) in [6, 6.07) is 0.0128. The molecule has 0 aromatic heterocycles. The van der Waals surface area contributed by atoms with Crippen LogP contribution in [0.1, 0.15) is 40.0 Å². The number of amides is 1. The number of rotatable bonds is 6. The molecule has 5 heteroatoms. The third-order valence-electron chi connectivity index (χ3n) is 1.78. The first-order valence-corrected chi connectivity index (χ1v) is 5.39. The van der Waals surface area contributed by atoms with Crippen molar-refractivity contribution in [3.8, 4) is 0 Å². The molecule has 1 unspecified atom stereocenters. The summed E-state index contributed by atoms with van der Waals surface area (Å²) in [5, 5.41) is 11.1.